The summed E-state index contributed by atoms with van der Waals surface area (Å²) in [6, 6.07) is 6.88. The van der Waals surface area contributed by atoms with Crippen LogP contribution in [-0.4, -0.2) is 24.9 Å². The summed E-state index contributed by atoms with van der Waals surface area (Å²) in [6.45, 7) is 1.87. The van der Waals surface area contributed by atoms with Crippen LogP contribution in [0.25, 0.3) is 0 Å². The van der Waals surface area contributed by atoms with E-state index in [2.05, 4.69) is 0 Å². The molecule has 0 aliphatic heterocycles. The third-order valence-electron chi connectivity index (χ3n) is 3.13. The summed E-state index contributed by atoms with van der Waals surface area (Å²) < 4.78 is 24.5. The zero-order valence-corrected chi connectivity index (χ0v) is 10.1. The Bertz CT molecular complexity index is 479. The third-order valence-corrected chi connectivity index (χ3v) is 5.39. The molecule has 0 bridgehead atoms. The molecule has 2 unspecified atom stereocenters. The molecule has 16 heavy (non-hydrogen) atoms. The van der Waals surface area contributed by atoms with Gasteiger partial charge >= 0.3 is 0 Å². The molecule has 0 heterocycles. The number of benzene rings is 1. The van der Waals surface area contributed by atoms with E-state index in [1.54, 1.807) is 18.2 Å². The second-order valence-corrected chi connectivity index (χ2v) is 6.57. The van der Waals surface area contributed by atoms with E-state index in [1.807, 2.05) is 13.0 Å². The van der Waals surface area contributed by atoms with E-state index in [0.717, 1.165) is 12.0 Å². The van der Waals surface area contributed by atoms with Gasteiger partial charge in [0.15, 0.2) is 9.84 Å². The van der Waals surface area contributed by atoms with E-state index in [-0.39, 0.29) is 0 Å². The molecular weight excluding hydrogens is 224 g/mol. The van der Waals surface area contributed by atoms with Crippen LogP contribution in [0.15, 0.2) is 29.2 Å². The first-order chi connectivity index (χ1) is 7.51. The van der Waals surface area contributed by atoms with Crippen LogP contribution < -0.4 is 0 Å². The highest BCUT2D eigenvalue weighted by Crippen LogP contribution is 2.30. The van der Waals surface area contributed by atoms with Crippen LogP contribution in [0.5, 0.6) is 0 Å². The Morgan fingerprint density at radius 3 is 2.62 bits per heavy atom. The fraction of sp³-hybridized carbons (Fsp3) is 0.500. The lowest BCUT2D eigenvalue weighted by atomic mass is 10.2. The number of sulfone groups is 1. The van der Waals surface area contributed by atoms with Gasteiger partial charge in [0.2, 0.25) is 0 Å². The molecule has 4 heteroatoms. The lowest BCUT2D eigenvalue weighted by Gasteiger charge is -2.15. The SMILES string of the molecule is Cc1cccc(S(=O)(=O)C2CCCC2O)c1. The number of hydrogen-bond acceptors (Lipinski definition) is 3. The molecule has 2 rings (SSSR count). The highest BCUT2D eigenvalue weighted by molar-refractivity contribution is 7.92. The minimum atomic E-state index is -3.36. The topological polar surface area (TPSA) is 54.4 Å². The largest absolute Gasteiger partial charge is 0.392 e. The molecule has 0 radical (unpaired) electrons. The molecule has 0 amide bonds. The third kappa shape index (κ3) is 1.99. The van der Waals surface area contributed by atoms with Crippen LogP contribution in [0.1, 0.15) is 24.8 Å². The highest BCUT2D eigenvalue weighted by Gasteiger charge is 2.37. The maximum Gasteiger partial charge on any atom is 0.183 e. The summed E-state index contributed by atoms with van der Waals surface area (Å²) in [5.74, 6) is 0. The molecule has 1 N–H and O–H groups in total. The maximum atomic E-state index is 12.2. The van der Waals surface area contributed by atoms with Gasteiger partial charge in [-0.3, -0.25) is 0 Å². The van der Waals surface area contributed by atoms with Gasteiger partial charge in [0, 0.05) is 0 Å². The lowest BCUT2D eigenvalue weighted by molar-refractivity contribution is 0.185. The Balaban J connectivity index is 2.39. The van der Waals surface area contributed by atoms with Gasteiger partial charge in [0.1, 0.15) is 0 Å². The zero-order valence-electron chi connectivity index (χ0n) is 9.26. The van der Waals surface area contributed by atoms with E-state index in [4.69, 9.17) is 0 Å². The smallest absolute Gasteiger partial charge is 0.183 e. The molecule has 1 aliphatic rings. The summed E-state index contributed by atoms with van der Waals surface area (Å²) in [4.78, 5) is 0.332. The minimum Gasteiger partial charge on any atom is -0.392 e. The molecular formula is C12H16O3S. The van der Waals surface area contributed by atoms with Gasteiger partial charge in [0.25, 0.3) is 0 Å². The van der Waals surface area contributed by atoms with Crippen molar-refractivity contribution in [3.05, 3.63) is 29.8 Å². The normalized spacial score (nSPS) is 25.9. The predicted octanol–water partition coefficient (Wildman–Crippen LogP) is 1.68. The summed E-state index contributed by atoms with van der Waals surface area (Å²) in [6.07, 6.45) is 1.25. The van der Waals surface area contributed by atoms with Crippen LogP contribution in [0.3, 0.4) is 0 Å². The molecule has 2 atom stereocenters. The highest BCUT2D eigenvalue weighted by atomic mass is 32.2. The van der Waals surface area contributed by atoms with E-state index >= 15 is 0 Å². The number of aryl methyl sites for hydroxylation is 1. The van der Waals surface area contributed by atoms with Gasteiger partial charge < -0.3 is 5.11 Å². The summed E-state index contributed by atoms with van der Waals surface area (Å²) in [5, 5.41) is 9.06. The summed E-state index contributed by atoms with van der Waals surface area (Å²) in [7, 11) is -3.36. The number of aliphatic hydroxyl groups is 1. The first-order valence-corrected chi connectivity index (χ1v) is 7.05. The lowest BCUT2D eigenvalue weighted by Crippen LogP contribution is -2.29. The second-order valence-electron chi connectivity index (χ2n) is 4.40. The molecule has 0 aromatic heterocycles. The fourth-order valence-electron chi connectivity index (χ4n) is 2.24. The molecule has 1 aromatic rings. The van der Waals surface area contributed by atoms with E-state index in [0.29, 0.717) is 17.7 Å². The van der Waals surface area contributed by atoms with Crippen LogP contribution in [-0.2, 0) is 9.84 Å². The second kappa shape index (κ2) is 4.18. The predicted molar refractivity (Wildman–Crippen MR) is 62.0 cm³/mol. The van der Waals surface area contributed by atoms with Crippen molar-refractivity contribution in [2.75, 3.05) is 0 Å². The van der Waals surface area contributed by atoms with Crippen molar-refractivity contribution in [2.45, 2.75) is 42.4 Å². The number of rotatable bonds is 2. The Kier molecular flexibility index (Phi) is 3.04. The van der Waals surface area contributed by atoms with Crippen molar-refractivity contribution in [3.8, 4) is 0 Å². The number of hydrogen-bond donors (Lipinski definition) is 1. The maximum absolute atomic E-state index is 12.2. The van der Waals surface area contributed by atoms with Crippen molar-refractivity contribution in [2.24, 2.45) is 0 Å². The van der Waals surface area contributed by atoms with Gasteiger partial charge in [-0.15, -0.1) is 0 Å². The van der Waals surface area contributed by atoms with Crippen molar-refractivity contribution in [3.63, 3.8) is 0 Å². The monoisotopic (exact) mass is 240 g/mol. The molecule has 3 nitrogen and oxygen atoms in total. The first-order valence-electron chi connectivity index (χ1n) is 5.50. The van der Waals surface area contributed by atoms with E-state index in [9.17, 15) is 13.5 Å². The van der Waals surface area contributed by atoms with Gasteiger partial charge in [-0.1, -0.05) is 12.1 Å². The van der Waals surface area contributed by atoms with Crippen molar-refractivity contribution >= 4 is 9.84 Å². The van der Waals surface area contributed by atoms with E-state index in [1.165, 1.54) is 0 Å². The van der Waals surface area contributed by atoms with Crippen LogP contribution in [0.4, 0.5) is 0 Å². The van der Waals surface area contributed by atoms with Crippen molar-refractivity contribution in [1.82, 2.24) is 0 Å². The average molecular weight is 240 g/mol. The Labute approximate surface area is 96.0 Å². The Morgan fingerprint density at radius 2 is 2.06 bits per heavy atom. The average Bonchev–Trinajstić information content (AvgIpc) is 2.65. The molecule has 0 saturated heterocycles. The van der Waals surface area contributed by atoms with Gasteiger partial charge in [-0.2, -0.15) is 0 Å². The van der Waals surface area contributed by atoms with Crippen LogP contribution in [0.2, 0.25) is 0 Å². The standard InChI is InChI=1S/C12H16O3S/c1-9-4-2-5-10(8-9)16(14,15)12-7-3-6-11(12)13/h2,4-5,8,11-13H,3,6-7H2,1H3. The van der Waals surface area contributed by atoms with Crippen LogP contribution in [0, 0.1) is 6.92 Å². The summed E-state index contributed by atoms with van der Waals surface area (Å²) >= 11 is 0. The van der Waals surface area contributed by atoms with Gasteiger partial charge in [-0.25, -0.2) is 8.42 Å². The molecule has 1 saturated carbocycles. The van der Waals surface area contributed by atoms with Gasteiger partial charge in [-0.05, 0) is 43.9 Å². The molecule has 88 valence electrons. The zero-order chi connectivity index (χ0) is 11.8. The first kappa shape index (κ1) is 11.6. The number of aliphatic hydroxyl groups excluding tert-OH is 1. The Morgan fingerprint density at radius 1 is 1.31 bits per heavy atom. The van der Waals surface area contributed by atoms with Gasteiger partial charge in [0.05, 0.1) is 16.2 Å². The molecule has 1 fully saturated rings. The Hall–Kier alpha value is -0.870. The molecule has 1 aromatic carbocycles. The fourth-order valence-corrected chi connectivity index (χ4v) is 4.23. The van der Waals surface area contributed by atoms with Crippen molar-refractivity contribution < 1.29 is 13.5 Å². The molecule has 0 spiro atoms. The molecule has 1 aliphatic carbocycles. The van der Waals surface area contributed by atoms with E-state index < -0.39 is 21.2 Å². The van der Waals surface area contributed by atoms with Crippen LogP contribution >= 0.6 is 0 Å². The quantitative estimate of drug-likeness (QED) is 0.855. The minimum absolute atomic E-state index is 0.332. The van der Waals surface area contributed by atoms with Crippen molar-refractivity contribution in [1.29, 1.82) is 0 Å². The summed E-state index contributed by atoms with van der Waals surface area (Å²) in [5.41, 5.74) is 0.925.